The largest absolute Gasteiger partial charge is 0.466 e. The molecule has 0 amide bonds. The van der Waals surface area contributed by atoms with Crippen molar-refractivity contribution in [2.45, 2.75) is 447 Å². The monoisotopic (exact) mass is 1700 g/mol. The summed E-state index contributed by atoms with van der Waals surface area (Å²) >= 11 is 0. The van der Waals surface area contributed by atoms with Gasteiger partial charge in [0, 0.05) is 0 Å². The number of hydrogen-bond acceptors (Lipinski definition) is 1. The highest BCUT2D eigenvalue weighted by Crippen LogP contribution is 2.51. The van der Waals surface area contributed by atoms with Crippen LogP contribution >= 0.6 is 0 Å². The van der Waals surface area contributed by atoms with E-state index >= 15 is 0 Å². The van der Waals surface area contributed by atoms with Crippen molar-refractivity contribution in [3.05, 3.63) is 223 Å². The topological polar surface area (TPSA) is 13.1 Å². The Morgan fingerprint density at radius 2 is 0.718 bits per heavy atom. The van der Waals surface area contributed by atoms with Gasteiger partial charge in [0.1, 0.15) is 17.2 Å². The van der Waals surface area contributed by atoms with Crippen LogP contribution in [-0.4, -0.2) is 5.67 Å². The van der Waals surface area contributed by atoms with Crippen molar-refractivity contribution < 1.29 is 8.81 Å². The summed E-state index contributed by atoms with van der Waals surface area (Å²) in [5.74, 6) is 17.1. The second kappa shape index (κ2) is 56.2. The van der Waals surface area contributed by atoms with Crippen molar-refractivity contribution in [3.8, 4) is 11.1 Å². The first-order chi connectivity index (χ1) is 57.5. The zero-order valence-electron chi connectivity index (χ0n) is 89.3. The van der Waals surface area contributed by atoms with E-state index in [0.717, 1.165) is 119 Å². The summed E-state index contributed by atoms with van der Waals surface area (Å²) in [6, 6.07) is 48.0. The molecular formula is C122H201FO. The van der Waals surface area contributed by atoms with E-state index < -0.39 is 5.67 Å². The van der Waals surface area contributed by atoms with Gasteiger partial charge < -0.3 is 4.42 Å². The third-order valence-electron chi connectivity index (χ3n) is 29.7. The molecule has 124 heavy (non-hydrogen) atoms. The fourth-order valence-electron chi connectivity index (χ4n) is 18.0. The van der Waals surface area contributed by atoms with E-state index in [-0.39, 0.29) is 0 Å². The van der Waals surface area contributed by atoms with Crippen molar-refractivity contribution in [2.24, 2.45) is 87.3 Å². The van der Waals surface area contributed by atoms with E-state index in [1.54, 1.807) is 6.92 Å². The maximum absolute atomic E-state index is 13.3. The van der Waals surface area contributed by atoms with Gasteiger partial charge >= 0.3 is 0 Å². The highest BCUT2D eigenvalue weighted by Gasteiger charge is 2.40. The standard InChI is InChI=1S/C15H16.4C11H16.C10H19F.2C10H20.C9H14O.C9H18.C8H16.C7H14/c1-12(2)13-8-10-15(11-9-13)14-6-4-3-5-7-14;1-8(2)11-6-9(3)5-10(4)7-11;1-8(2)11-6-5-9(3)10(4)7-11;1-8(2)11-6-5-9(3)7-10(11)4;1-8(2)11-7-5-6-9(3)10(11)4;1-8(2)9-4-6-10(3,11)7-5-9;2*1-8(2)10-6-4-9(3)5-7-10;1-6(2)9-5-7(3)10-8(9)4;1-7(2)8-5-9(3,4)6-8;1-7(2)8(3)5-4-6-8;1-6(2)7(3)4-5-7/h3-12H,1-2H3;4*5-8H,1-4H3;8-9H,4-7H2,1-3H3;2*8-10H,4-7H2,1-3H3;5-6H,1-4H3;7-8H,5-6H2,1-4H3;7H,4-6H2,1-3H3;6H,4-5H2,1-3H3. The lowest BCUT2D eigenvalue weighted by molar-refractivity contribution is 0.0615. The van der Waals surface area contributed by atoms with Crippen LogP contribution < -0.4 is 0 Å². The van der Waals surface area contributed by atoms with Crippen LogP contribution in [0.5, 0.6) is 0 Å². The molecule has 1 nitrogen and oxygen atoms in total. The van der Waals surface area contributed by atoms with Crippen molar-refractivity contribution in [1.29, 1.82) is 0 Å². The van der Waals surface area contributed by atoms with Gasteiger partial charge in [-0.05, 0) is 367 Å². The molecule has 702 valence electrons. The normalized spacial score (nSPS) is 20.1. The fraction of sp³-hybridized carbons (Fsp3) is 0.672. The van der Waals surface area contributed by atoms with Crippen LogP contribution in [0.2, 0.25) is 0 Å². The number of hydrogen-bond donors (Lipinski definition) is 0. The molecule has 1 aromatic heterocycles. The summed E-state index contributed by atoms with van der Waals surface area (Å²) in [6.07, 6.45) is 25.8. The minimum atomic E-state index is -0.856. The Kier molecular flexibility index (Phi) is 51.9. The summed E-state index contributed by atoms with van der Waals surface area (Å²) in [5.41, 5.74) is 23.6. The number of furan rings is 1. The molecule has 0 N–H and O–H groups in total. The average molecular weight is 1700 g/mol. The Labute approximate surface area is 772 Å². The summed E-state index contributed by atoms with van der Waals surface area (Å²) in [6.45, 7) is 91.9. The summed E-state index contributed by atoms with van der Waals surface area (Å²) < 4.78 is 18.7. The predicted molar refractivity (Wildman–Crippen MR) is 557 cm³/mol. The van der Waals surface area contributed by atoms with Crippen molar-refractivity contribution in [2.75, 3.05) is 0 Å². The van der Waals surface area contributed by atoms with Crippen LogP contribution in [0.3, 0.4) is 0 Å². The molecule has 7 aromatic rings. The minimum Gasteiger partial charge on any atom is -0.466 e. The summed E-state index contributed by atoms with van der Waals surface area (Å²) in [5, 5.41) is 0. The van der Waals surface area contributed by atoms with E-state index in [9.17, 15) is 4.39 Å². The summed E-state index contributed by atoms with van der Waals surface area (Å²) in [4.78, 5) is 0. The Morgan fingerprint density at radius 1 is 0.306 bits per heavy atom. The molecular weight excluding hydrogens is 1500 g/mol. The third kappa shape index (κ3) is 44.2. The number of rotatable bonds is 13. The zero-order valence-corrected chi connectivity index (χ0v) is 89.3. The Morgan fingerprint density at radius 3 is 1.02 bits per heavy atom. The lowest BCUT2D eigenvalue weighted by Gasteiger charge is -2.45. The third-order valence-corrected chi connectivity index (χ3v) is 29.7. The number of alkyl halides is 1. The molecule has 6 saturated carbocycles. The van der Waals surface area contributed by atoms with E-state index in [4.69, 9.17) is 4.42 Å². The first-order valence-corrected chi connectivity index (χ1v) is 50.7. The second-order valence-electron chi connectivity index (χ2n) is 45.8. The highest BCUT2D eigenvalue weighted by molar-refractivity contribution is 5.63. The van der Waals surface area contributed by atoms with Crippen molar-refractivity contribution in [3.63, 3.8) is 0 Å². The first-order valence-electron chi connectivity index (χ1n) is 50.7. The summed E-state index contributed by atoms with van der Waals surface area (Å²) in [7, 11) is 0. The van der Waals surface area contributed by atoms with Crippen LogP contribution in [-0.2, 0) is 0 Å². The first kappa shape index (κ1) is 115. The smallest absolute Gasteiger partial charge is 0.108 e. The maximum atomic E-state index is 13.3. The number of halogens is 1. The van der Waals surface area contributed by atoms with E-state index in [1.165, 1.54) is 185 Å². The zero-order chi connectivity index (χ0) is 94.5. The fourth-order valence-corrected chi connectivity index (χ4v) is 18.0. The number of benzene rings is 6. The molecule has 0 spiro atoms. The van der Waals surface area contributed by atoms with Crippen LogP contribution in [0.15, 0.2) is 138 Å². The van der Waals surface area contributed by atoms with Crippen LogP contribution in [0.1, 0.15) is 462 Å². The van der Waals surface area contributed by atoms with Crippen LogP contribution in [0.25, 0.3) is 11.1 Å². The molecule has 2 heteroatoms. The molecule has 0 unspecified atom stereocenters. The lowest BCUT2D eigenvalue weighted by Crippen LogP contribution is -2.34. The molecule has 1 heterocycles. The Balaban J connectivity index is 0.000000460. The van der Waals surface area contributed by atoms with Gasteiger partial charge in [0.25, 0.3) is 0 Å². The minimum absolute atomic E-state index is 0.581. The van der Waals surface area contributed by atoms with Crippen molar-refractivity contribution in [1.82, 2.24) is 0 Å². The number of aryl methyl sites for hydroxylation is 9. The van der Waals surface area contributed by atoms with Crippen molar-refractivity contribution >= 4 is 0 Å². The van der Waals surface area contributed by atoms with Gasteiger partial charge in [-0.2, -0.15) is 0 Å². The van der Waals surface area contributed by atoms with Gasteiger partial charge in [-0.25, -0.2) is 4.39 Å². The highest BCUT2D eigenvalue weighted by atomic mass is 19.1. The second-order valence-corrected chi connectivity index (χ2v) is 45.8. The quantitative estimate of drug-likeness (QED) is 0.112. The van der Waals surface area contributed by atoms with E-state index in [1.807, 2.05) is 19.9 Å². The molecule has 6 aliphatic carbocycles. The van der Waals surface area contributed by atoms with Gasteiger partial charge in [0.2, 0.25) is 0 Å². The molecule has 0 atom stereocenters. The molecule has 0 bridgehead atoms. The molecule has 6 aliphatic rings. The SMILES string of the molecule is CC(C)C1(C)CC1.CC(C)C1(C)CCC1.CC(C)C1CC(C)(C)C1.CC(C)C1CCC(C)(F)CC1.CC(C)c1ccc(-c2ccccc2)cc1.CC1CCC(C(C)C)CC1.CC1CCC(C(C)C)CC1.Cc1cc(C(C)C)c(C)o1.Cc1cc(C)cc(C(C)C)c1.Cc1ccc(C(C)C)c(C)c1.Cc1ccc(C(C)C)cc1C.Cc1cccc(C(C)C)c1C. The van der Waals surface area contributed by atoms with Gasteiger partial charge in [0.15, 0.2) is 0 Å². The molecule has 0 saturated heterocycles. The average Bonchev–Trinajstić information content (AvgIpc) is 1.00. The van der Waals surface area contributed by atoms with Crippen LogP contribution in [0.4, 0.5) is 4.39 Å². The Bertz CT molecular complexity index is 3890. The lowest BCUT2D eigenvalue weighted by atomic mass is 9.61. The molecule has 0 aliphatic heterocycles. The predicted octanol–water partition coefficient (Wildman–Crippen LogP) is 40.1. The molecule has 0 radical (unpaired) electrons. The van der Waals surface area contributed by atoms with Gasteiger partial charge in [0.05, 0.1) is 0 Å². The molecule has 6 aromatic carbocycles. The Hall–Kier alpha value is -5.47. The van der Waals surface area contributed by atoms with Gasteiger partial charge in [-0.3, -0.25) is 0 Å². The van der Waals surface area contributed by atoms with Gasteiger partial charge in [-0.1, -0.05) is 384 Å². The molecule has 6 fully saturated rings. The maximum Gasteiger partial charge on any atom is 0.108 e. The van der Waals surface area contributed by atoms with Crippen LogP contribution in [0, 0.1) is 156 Å². The van der Waals surface area contributed by atoms with E-state index in [0.29, 0.717) is 40.9 Å². The van der Waals surface area contributed by atoms with Gasteiger partial charge in [-0.15, -0.1) is 0 Å². The molecule has 13 rings (SSSR count). The van der Waals surface area contributed by atoms with E-state index in [2.05, 4.69) is 390 Å².